The van der Waals surface area contributed by atoms with E-state index in [0.717, 1.165) is 24.0 Å². The molecule has 10 nitrogen and oxygen atoms in total. The number of aromatic nitrogens is 2. The Balaban J connectivity index is 1.65. The van der Waals surface area contributed by atoms with Crippen molar-refractivity contribution in [3.05, 3.63) is 60.0 Å². The van der Waals surface area contributed by atoms with Crippen molar-refractivity contribution in [2.75, 3.05) is 24.8 Å². The van der Waals surface area contributed by atoms with E-state index in [2.05, 4.69) is 25.9 Å². The maximum Gasteiger partial charge on any atom is 0.357 e. The van der Waals surface area contributed by atoms with Crippen LogP contribution in [0.2, 0.25) is 0 Å². The van der Waals surface area contributed by atoms with E-state index < -0.39 is 11.6 Å². The van der Waals surface area contributed by atoms with Gasteiger partial charge in [-0.15, -0.1) is 0 Å². The van der Waals surface area contributed by atoms with Crippen LogP contribution in [-0.4, -0.2) is 47.5 Å². The number of anilines is 3. The number of hydrogen-bond acceptors (Lipinski definition) is 8. The first kappa shape index (κ1) is 26.6. The molecule has 3 N–H and O–H groups in total. The van der Waals surface area contributed by atoms with Crippen molar-refractivity contribution in [2.45, 2.75) is 39.2 Å². The van der Waals surface area contributed by atoms with Gasteiger partial charge in [-0.25, -0.2) is 14.8 Å². The van der Waals surface area contributed by atoms with Crippen molar-refractivity contribution < 1.29 is 23.9 Å². The second kappa shape index (κ2) is 10.9. The lowest BCUT2D eigenvalue weighted by molar-refractivity contribution is -0.117. The molecule has 0 atom stereocenters. The predicted octanol–water partition coefficient (Wildman–Crippen LogP) is 4.56. The van der Waals surface area contributed by atoms with Crippen LogP contribution in [0.4, 0.5) is 17.2 Å². The van der Waals surface area contributed by atoms with Crippen LogP contribution >= 0.6 is 0 Å². The van der Waals surface area contributed by atoms with E-state index in [1.54, 1.807) is 58.3 Å². The van der Waals surface area contributed by atoms with Gasteiger partial charge in [-0.1, -0.05) is 18.2 Å². The first-order valence-electron chi connectivity index (χ1n) is 12.3. The zero-order chi connectivity index (χ0) is 27.4. The van der Waals surface area contributed by atoms with Gasteiger partial charge in [0.2, 0.25) is 5.91 Å². The fourth-order valence-corrected chi connectivity index (χ4v) is 3.75. The molecule has 10 heteroatoms. The van der Waals surface area contributed by atoms with Crippen LogP contribution in [0.1, 0.15) is 54.5 Å². The third-order valence-corrected chi connectivity index (χ3v) is 5.75. The lowest BCUT2D eigenvalue weighted by Gasteiger charge is -2.19. The molecule has 1 fully saturated rings. The highest BCUT2D eigenvalue weighted by Gasteiger charge is 2.30. The van der Waals surface area contributed by atoms with Crippen LogP contribution in [0.5, 0.6) is 5.75 Å². The molecule has 0 saturated heterocycles. The summed E-state index contributed by atoms with van der Waals surface area (Å²) in [6.07, 6.45) is 4.73. The predicted molar refractivity (Wildman–Crippen MR) is 144 cm³/mol. The molecule has 4 rings (SSSR count). The van der Waals surface area contributed by atoms with Crippen molar-refractivity contribution >= 4 is 35.0 Å². The Morgan fingerprint density at radius 1 is 1.00 bits per heavy atom. The second-order valence-corrected chi connectivity index (χ2v) is 9.90. The summed E-state index contributed by atoms with van der Waals surface area (Å²) in [4.78, 5) is 45.7. The highest BCUT2D eigenvalue weighted by atomic mass is 16.6. The summed E-state index contributed by atoms with van der Waals surface area (Å²) in [7, 11) is 3.07. The molecule has 1 aliphatic carbocycles. The van der Waals surface area contributed by atoms with Gasteiger partial charge in [0.25, 0.3) is 5.91 Å². The average Bonchev–Trinajstić information content (AvgIpc) is 3.73. The fraction of sp³-hybridized carbons (Fsp3) is 0.321. The summed E-state index contributed by atoms with van der Waals surface area (Å²) in [5.74, 6) is -0.0684. The molecular weight excluding hydrogens is 486 g/mol. The Hall–Kier alpha value is -4.47. The number of carbonyl (C=O) groups excluding carboxylic acids is 3. The number of benzene rings is 1. The van der Waals surface area contributed by atoms with E-state index in [1.807, 2.05) is 12.1 Å². The lowest BCUT2D eigenvalue weighted by atomic mass is 10.0. The molecule has 1 saturated carbocycles. The van der Waals surface area contributed by atoms with Crippen molar-refractivity contribution in [1.29, 1.82) is 0 Å². The topological polar surface area (TPSA) is 132 Å². The first-order valence-corrected chi connectivity index (χ1v) is 12.3. The van der Waals surface area contributed by atoms with Gasteiger partial charge in [0.15, 0.2) is 0 Å². The largest absolute Gasteiger partial charge is 0.494 e. The van der Waals surface area contributed by atoms with Crippen molar-refractivity contribution in [3.63, 3.8) is 0 Å². The molecule has 1 aliphatic rings. The molecule has 0 unspecified atom stereocenters. The maximum absolute atomic E-state index is 12.5. The van der Waals surface area contributed by atoms with Crippen LogP contribution < -0.4 is 20.7 Å². The minimum Gasteiger partial charge on any atom is -0.494 e. The number of pyridine rings is 2. The monoisotopic (exact) mass is 517 g/mol. The third kappa shape index (κ3) is 6.26. The zero-order valence-corrected chi connectivity index (χ0v) is 22.0. The Morgan fingerprint density at radius 3 is 2.37 bits per heavy atom. The summed E-state index contributed by atoms with van der Waals surface area (Å²) in [6.45, 7) is 5.39. The molecule has 2 heterocycles. The smallest absolute Gasteiger partial charge is 0.357 e. The molecule has 0 bridgehead atoms. The number of methoxy groups -OCH3 is 1. The summed E-state index contributed by atoms with van der Waals surface area (Å²) in [5.41, 5.74) is 2.34. The summed E-state index contributed by atoms with van der Waals surface area (Å²) in [6, 6.07) is 10.5. The first-order chi connectivity index (χ1) is 18.1. The van der Waals surface area contributed by atoms with E-state index in [-0.39, 0.29) is 23.4 Å². The fourth-order valence-electron chi connectivity index (χ4n) is 3.75. The van der Waals surface area contributed by atoms with Crippen LogP contribution in [0.3, 0.4) is 0 Å². The number of esters is 1. The number of carbonyl (C=O) groups is 3. The minimum atomic E-state index is -0.623. The highest BCUT2D eigenvalue weighted by Crippen LogP contribution is 2.38. The van der Waals surface area contributed by atoms with E-state index in [1.165, 1.54) is 13.2 Å². The molecule has 0 spiro atoms. The molecule has 2 aromatic heterocycles. The molecule has 0 aliphatic heterocycles. The SMILES string of the molecule is CNC(=O)c1cnc(NC(=O)C2CC2)cc1Nc1cccc(-c2ccc(C(=O)OC(C)(C)C)nc2)c1OC. The van der Waals surface area contributed by atoms with Crippen LogP contribution in [0.15, 0.2) is 48.8 Å². The van der Waals surface area contributed by atoms with E-state index in [0.29, 0.717) is 28.5 Å². The van der Waals surface area contributed by atoms with Crippen LogP contribution in [0, 0.1) is 5.92 Å². The Morgan fingerprint density at radius 2 is 1.76 bits per heavy atom. The van der Waals surface area contributed by atoms with Gasteiger partial charge >= 0.3 is 5.97 Å². The molecule has 1 aromatic carbocycles. The number of rotatable bonds is 8. The standard InChI is InChI=1S/C28H31N5O5/c1-28(2,3)38-27(36)21-12-11-17(14-30-21)18-7-6-8-20(24(18)37-5)32-22-13-23(33-25(34)16-9-10-16)31-15-19(22)26(35)29-4/h6-8,11-16H,9-10H2,1-5H3,(H,29,35)(H2,31,32,33,34). The van der Waals surface area contributed by atoms with Crippen LogP contribution in [-0.2, 0) is 9.53 Å². The molecular formula is C28H31N5O5. The highest BCUT2D eigenvalue weighted by molar-refractivity contribution is 6.01. The Bertz CT molecular complexity index is 1360. The van der Waals surface area contributed by atoms with Crippen LogP contribution in [0.25, 0.3) is 11.1 Å². The van der Waals surface area contributed by atoms with Gasteiger partial charge in [-0.2, -0.15) is 0 Å². The summed E-state index contributed by atoms with van der Waals surface area (Å²) < 4.78 is 11.1. The molecule has 3 aromatic rings. The Kier molecular flexibility index (Phi) is 7.61. The normalized spacial score (nSPS) is 12.9. The van der Waals surface area contributed by atoms with Crippen molar-refractivity contribution in [2.24, 2.45) is 5.92 Å². The number of nitrogens with one attached hydrogen (secondary N) is 3. The number of amides is 2. The summed E-state index contributed by atoms with van der Waals surface area (Å²) >= 11 is 0. The minimum absolute atomic E-state index is 0.0129. The number of hydrogen-bond donors (Lipinski definition) is 3. The number of para-hydroxylation sites is 1. The zero-order valence-electron chi connectivity index (χ0n) is 22.0. The van der Waals surface area contributed by atoms with Gasteiger partial charge in [0, 0.05) is 42.6 Å². The molecule has 2 amide bonds. The van der Waals surface area contributed by atoms with Gasteiger partial charge in [-0.05, 0) is 45.7 Å². The van der Waals surface area contributed by atoms with Gasteiger partial charge in [0.1, 0.15) is 22.9 Å². The average molecular weight is 518 g/mol. The third-order valence-electron chi connectivity index (χ3n) is 5.75. The maximum atomic E-state index is 12.5. The van der Waals surface area contributed by atoms with E-state index in [4.69, 9.17) is 9.47 Å². The van der Waals surface area contributed by atoms with E-state index >= 15 is 0 Å². The molecule has 0 radical (unpaired) electrons. The van der Waals surface area contributed by atoms with Crippen molar-refractivity contribution in [1.82, 2.24) is 15.3 Å². The Labute approximate surface area is 221 Å². The van der Waals surface area contributed by atoms with Gasteiger partial charge in [0.05, 0.1) is 24.0 Å². The van der Waals surface area contributed by atoms with E-state index in [9.17, 15) is 14.4 Å². The lowest BCUT2D eigenvalue weighted by Crippen LogP contribution is -2.24. The molecule has 198 valence electrons. The summed E-state index contributed by atoms with van der Waals surface area (Å²) in [5, 5.41) is 8.68. The van der Waals surface area contributed by atoms with Gasteiger partial charge in [-0.3, -0.25) is 9.59 Å². The van der Waals surface area contributed by atoms with Crippen molar-refractivity contribution in [3.8, 4) is 16.9 Å². The number of nitrogens with zero attached hydrogens (tertiary/aromatic N) is 2. The number of ether oxygens (including phenoxy) is 2. The second-order valence-electron chi connectivity index (χ2n) is 9.90. The van der Waals surface area contributed by atoms with Gasteiger partial charge < -0.3 is 25.4 Å². The molecule has 38 heavy (non-hydrogen) atoms. The quantitative estimate of drug-likeness (QED) is 0.371.